The van der Waals surface area contributed by atoms with Gasteiger partial charge in [0.05, 0.1) is 0 Å². The maximum Gasteiger partial charge on any atom is 0.329 e. The number of nitrogens with zero attached hydrogens (tertiary/aromatic N) is 1. The number of hydrogen-bond acceptors (Lipinski definition) is 2. The van der Waals surface area contributed by atoms with Crippen molar-refractivity contribution in [2.75, 3.05) is 4.81 Å². The van der Waals surface area contributed by atoms with Crippen LogP contribution in [-0.4, -0.2) is 6.85 Å². The molecule has 0 N–H and O–H groups in total. The Hall–Kier alpha value is -2.91. The highest BCUT2D eigenvalue weighted by molar-refractivity contribution is 7.99. The van der Waals surface area contributed by atoms with E-state index in [1.165, 1.54) is 65.5 Å². The molecule has 0 aliphatic carbocycles. The number of fused-ring (bicyclic) bond motifs is 2. The van der Waals surface area contributed by atoms with Crippen LogP contribution in [0.5, 0.6) is 0 Å². The molecule has 0 spiro atoms. The van der Waals surface area contributed by atoms with Gasteiger partial charge >= 0.3 is 6.85 Å². The first-order chi connectivity index (χ1) is 15.8. The van der Waals surface area contributed by atoms with Crippen LogP contribution in [0.4, 0.5) is 11.4 Å². The molecule has 0 fully saturated rings. The molecule has 0 amide bonds. The van der Waals surface area contributed by atoms with Crippen molar-refractivity contribution >= 4 is 40.9 Å². The molecule has 0 saturated heterocycles. The van der Waals surface area contributed by atoms with E-state index < -0.39 is 0 Å². The maximum absolute atomic E-state index is 2.59. The molecule has 1 heterocycles. The Bertz CT molecular complexity index is 1220. The van der Waals surface area contributed by atoms with Gasteiger partial charge in [-0.3, -0.25) is 0 Å². The molecule has 0 saturated carbocycles. The second-order valence-corrected chi connectivity index (χ2v) is 10.5. The second-order valence-electron chi connectivity index (χ2n) is 9.43. The Morgan fingerprint density at radius 2 is 0.909 bits per heavy atom. The minimum atomic E-state index is 0.0920. The van der Waals surface area contributed by atoms with Crippen molar-refractivity contribution in [3.05, 3.63) is 106 Å². The topological polar surface area (TPSA) is 3.24 Å². The van der Waals surface area contributed by atoms with Gasteiger partial charge in [0.15, 0.2) is 0 Å². The zero-order chi connectivity index (χ0) is 23.3. The Morgan fingerprint density at radius 3 is 1.30 bits per heavy atom. The van der Waals surface area contributed by atoms with E-state index in [1.54, 1.807) is 0 Å². The molecule has 0 aromatic heterocycles. The summed E-state index contributed by atoms with van der Waals surface area (Å²) in [6, 6.07) is 27.1. The average Bonchev–Trinajstić information content (AvgIpc) is 2.75. The molecule has 4 aromatic carbocycles. The van der Waals surface area contributed by atoms with E-state index in [9.17, 15) is 0 Å². The minimum Gasteiger partial charge on any atom is -0.375 e. The molecule has 1 nitrogen and oxygen atoms in total. The van der Waals surface area contributed by atoms with Gasteiger partial charge in [-0.1, -0.05) is 93.7 Å². The molecule has 0 bridgehead atoms. The van der Waals surface area contributed by atoms with Gasteiger partial charge in [-0.15, -0.1) is 0 Å². The minimum absolute atomic E-state index is 0.0920. The molecular weight excluding hydrogens is 417 g/mol. The third-order valence-electron chi connectivity index (χ3n) is 6.75. The average molecular weight is 447 g/mol. The van der Waals surface area contributed by atoms with Crippen LogP contribution in [0, 0.1) is 41.5 Å². The summed E-state index contributed by atoms with van der Waals surface area (Å²) < 4.78 is 0. The molecule has 0 unspecified atom stereocenters. The van der Waals surface area contributed by atoms with E-state index in [4.69, 9.17) is 0 Å². The third-order valence-corrected chi connectivity index (χ3v) is 7.88. The smallest absolute Gasteiger partial charge is 0.329 e. The highest BCUT2D eigenvalue weighted by Crippen LogP contribution is 2.48. The van der Waals surface area contributed by atoms with Crippen LogP contribution < -0.4 is 15.7 Å². The quantitative estimate of drug-likeness (QED) is 0.313. The zero-order valence-electron chi connectivity index (χ0n) is 20.4. The van der Waals surface area contributed by atoms with Gasteiger partial charge < -0.3 is 4.81 Å². The lowest BCUT2D eigenvalue weighted by Crippen LogP contribution is -2.58. The van der Waals surface area contributed by atoms with E-state index in [1.807, 2.05) is 11.8 Å². The number of aryl methyl sites for hydroxylation is 6. The van der Waals surface area contributed by atoms with Crippen molar-refractivity contribution < 1.29 is 0 Å². The number of hydrogen-bond donors (Lipinski definition) is 0. The fraction of sp³-hybridized carbons (Fsp3) is 0.200. The Morgan fingerprint density at radius 1 is 0.545 bits per heavy atom. The molecule has 4 aromatic rings. The number of benzene rings is 4. The number of rotatable bonds is 3. The SMILES string of the molecule is Cc1cc(C)c(B(c2c(C)cc(C)cc2C)N2c3ccccc3Sc3ccccc32)c(C)c1. The standard InChI is InChI=1S/C30H30BNS/c1-19-15-21(3)29(22(4)16-19)31(30-23(5)17-20(2)18-24(30)6)32-25-11-7-9-13-27(25)33-28-14-10-8-12-26(28)32/h7-18H,1-6H3. The molecule has 164 valence electrons. The van der Waals surface area contributed by atoms with E-state index in [-0.39, 0.29) is 6.85 Å². The highest BCUT2D eigenvalue weighted by Gasteiger charge is 2.37. The number of para-hydroxylation sites is 2. The van der Waals surface area contributed by atoms with Gasteiger partial charge in [0.1, 0.15) is 0 Å². The van der Waals surface area contributed by atoms with Crippen LogP contribution in [0.3, 0.4) is 0 Å². The van der Waals surface area contributed by atoms with Crippen molar-refractivity contribution in [1.82, 2.24) is 0 Å². The fourth-order valence-electron chi connectivity index (χ4n) is 5.66. The lowest BCUT2D eigenvalue weighted by molar-refractivity contribution is 1.21. The van der Waals surface area contributed by atoms with Crippen LogP contribution in [-0.2, 0) is 0 Å². The second kappa shape index (κ2) is 8.46. The van der Waals surface area contributed by atoms with Gasteiger partial charge in [0, 0.05) is 21.2 Å². The monoisotopic (exact) mass is 447 g/mol. The Labute approximate surface area is 203 Å². The van der Waals surface area contributed by atoms with Crippen molar-refractivity contribution in [2.45, 2.75) is 51.3 Å². The zero-order valence-corrected chi connectivity index (χ0v) is 21.2. The third kappa shape index (κ3) is 3.79. The van der Waals surface area contributed by atoms with Crippen LogP contribution in [0.1, 0.15) is 33.4 Å². The van der Waals surface area contributed by atoms with Crippen LogP contribution in [0.15, 0.2) is 82.6 Å². The van der Waals surface area contributed by atoms with Gasteiger partial charge in [0.25, 0.3) is 0 Å². The molecule has 0 radical (unpaired) electrons. The van der Waals surface area contributed by atoms with Gasteiger partial charge in [-0.25, -0.2) is 0 Å². The summed E-state index contributed by atoms with van der Waals surface area (Å²) in [6.45, 7) is 13.6. The Balaban J connectivity index is 1.88. The van der Waals surface area contributed by atoms with Crippen molar-refractivity contribution in [3.63, 3.8) is 0 Å². The van der Waals surface area contributed by atoms with Crippen LogP contribution in [0.25, 0.3) is 0 Å². The molecule has 1 aliphatic heterocycles. The van der Waals surface area contributed by atoms with Gasteiger partial charge in [-0.05, 0) is 76.7 Å². The lowest BCUT2D eigenvalue weighted by atomic mass is 9.44. The number of anilines is 2. The van der Waals surface area contributed by atoms with Gasteiger partial charge in [-0.2, -0.15) is 0 Å². The van der Waals surface area contributed by atoms with E-state index >= 15 is 0 Å². The molecule has 0 atom stereocenters. The molecular formula is C30H30BNS. The largest absolute Gasteiger partial charge is 0.375 e. The maximum atomic E-state index is 2.59. The van der Waals surface area contributed by atoms with E-state index in [0.717, 1.165) is 0 Å². The molecule has 1 aliphatic rings. The first kappa shape index (κ1) is 21.9. The first-order valence-corrected chi connectivity index (χ1v) is 12.5. The van der Waals surface area contributed by atoms with Crippen molar-refractivity contribution in [2.24, 2.45) is 0 Å². The highest BCUT2D eigenvalue weighted by atomic mass is 32.2. The van der Waals surface area contributed by atoms with Gasteiger partial charge in [0.2, 0.25) is 0 Å². The summed E-state index contributed by atoms with van der Waals surface area (Å²) in [5, 5.41) is 0. The van der Waals surface area contributed by atoms with Crippen molar-refractivity contribution in [3.8, 4) is 0 Å². The van der Waals surface area contributed by atoms with Crippen LogP contribution >= 0.6 is 11.8 Å². The Kier molecular flexibility index (Phi) is 5.62. The normalized spacial score (nSPS) is 12.4. The lowest BCUT2D eigenvalue weighted by Gasteiger charge is -2.40. The van der Waals surface area contributed by atoms with Crippen molar-refractivity contribution in [1.29, 1.82) is 0 Å². The van der Waals surface area contributed by atoms with E-state index in [0.29, 0.717) is 0 Å². The predicted octanol–water partition coefficient (Wildman–Crippen LogP) is 6.95. The fourth-order valence-corrected chi connectivity index (χ4v) is 6.73. The summed E-state index contributed by atoms with van der Waals surface area (Å²) in [4.78, 5) is 5.22. The molecule has 5 rings (SSSR count). The summed E-state index contributed by atoms with van der Waals surface area (Å²) >= 11 is 1.87. The predicted molar refractivity (Wildman–Crippen MR) is 145 cm³/mol. The molecule has 33 heavy (non-hydrogen) atoms. The summed E-state index contributed by atoms with van der Waals surface area (Å²) in [5.74, 6) is 0. The summed E-state index contributed by atoms with van der Waals surface area (Å²) in [5.41, 5.74) is 13.4. The summed E-state index contributed by atoms with van der Waals surface area (Å²) in [6.07, 6.45) is 0. The van der Waals surface area contributed by atoms with Crippen LogP contribution in [0.2, 0.25) is 0 Å². The van der Waals surface area contributed by atoms with E-state index in [2.05, 4.69) is 119 Å². The summed E-state index contributed by atoms with van der Waals surface area (Å²) in [7, 11) is 0. The molecule has 3 heteroatoms. The first-order valence-electron chi connectivity index (χ1n) is 11.7.